The van der Waals surface area contributed by atoms with Crippen LogP contribution in [0.25, 0.3) is 22.2 Å². The smallest absolute Gasteiger partial charge is 0.341 e. The van der Waals surface area contributed by atoms with E-state index in [-0.39, 0.29) is 17.1 Å². The number of ether oxygens (including phenoxy) is 1. The SMILES string of the molecule is COc1ccc(-n2c(O)c3cnc4ccccc4n3c2=O)c(F)c1. The van der Waals surface area contributed by atoms with Crippen molar-refractivity contribution in [2.45, 2.75) is 0 Å². The van der Waals surface area contributed by atoms with Crippen molar-refractivity contribution in [3.05, 3.63) is 65.0 Å². The van der Waals surface area contributed by atoms with Gasteiger partial charge in [-0.2, -0.15) is 0 Å². The highest BCUT2D eigenvalue weighted by molar-refractivity contribution is 5.79. The van der Waals surface area contributed by atoms with Gasteiger partial charge in [-0.05, 0) is 24.3 Å². The van der Waals surface area contributed by atoms with Crippen LogP contribution < -0.4 is 10.4 Å². The Morgan fingerprint density at radius 1 is 1.17 bits per heavy atom. The normalized spacial score (nSPS) is 11.2. The molecule has 0 aliphatic carbocycles. The number of hydrogen-bond acceptors (Lipinski definition) is 4. The summed E-state index contributed by atoms with van der Waals surface area (Å²) >= 11 is 0. The van der Waals surface area contributed by atoms with Crippen LogP contribution in [-0.4, -0.2) is 26.2 Å². The summed E-state index contributed by atoms with van der Waals surface area (Å²) in [6, 6.07) is 11.1. The predicted molar refractivity (Wildman–Crippen MR) is 86.5 cm³/mol. The number of aromatic hydroxyl groups is 1. The van der Waals surface area contributed by atoms with Crippen LogP contribution in [0.2, 0.25) is 0 Å². The molecule has 0 fully saturated rings. The van der Waals surface area contributed by atoms with E-state index in [1.165, 1.54) is 29.8 Å². The molecule has 0 radical (unpaired) electrons. The first-order valence-corrected chi connectivity index (χ1v) is 7.16. The molecule has 0 saturated carbocycles. The van der Waals surface area contributed by atoms with Crippen LogP contribution in [0.1, 0.15) is 0 Å². The Balaban J connectivity index is 2.11. The second kappa shape index (κ2) is 5.09. The molecule has 0 atom stereocenters. The molecule has 0 bridgehead atoms. The van der Waals surface area contributed by atoms with Crippen molar-refractivity contribution >= 4 is 16.6 Å². The molecule has 2 heterocycles. The maximum Gasteiger partial charge on any atom is 0.341 e. The molecule has 4 aromatic rings. The summed E-state index contributed by atoms with van der Waals surface area (Å²) in [7, 11) is 1.42. The summed E-state index contributed by atoms with van der Waals surface area (Å²) in [5.41, 5.74) is 0.688. The van der Waals surface area contributed by atoms with E-state index in [1.807, 2.05) is 0 Å². The van der Waals surface area contributed by atoms with Crippen molar-refractivity contribution in [2.75, 3.05) is 7.11 Å². The number of hydrogen-bond donors (Lipinski definition) is 1. The third-order valence-corrected chi connectivity index (χ3v) is 3.91. The fourth-order valence-electron chi connectivity index (χ4n) is 2.76. The monoisotopic (exact) mass is 325 g/mol. The lowest BCUT2D eigenvalue weighted by atomic mass is 10.3. The lowest BCUT2D eigenvalue weighted by Crippen LogP contribution is -2.20. The number of rotatable bonds is 2. The number of para-hydroxylation sites is 2. The maximum atomic E-state index is 14.3. The molecule has 6 nitrogen and oxygen atoms in total. The van der Waals surface area contributed by atoms with Gasteiger partial charge in [-0.1, -0.05) is 12.1 Å². The highest BCUT2D eigenvalue weighted by Gasteiger charge is 2.20. The molecule has 4 rings (SSSR count). The number of halogens is 1. The number of imidazole rings is 1. The third-order valence-electron chi connectivity index (χ3n) is 3.91. The Morgan fingerprint density at radius 2 is 1.96 bits per heavy atom. The van der Waals surface area contributed by atoms with E-state index in [0.29, 0.717) is 16.8 Å². The highest BCUT2D eigenvalue weighted by Crippen LogP contribution is 2.26. The maximum absolute atomic E-state index is 14.3. The molecule has 0 saturated heterocycles. The van der Waals surface area contributed by atoms with Gasteiger partial charge < -0.3 is 9.84 Å². The number of benzene rings is 2. The van der Waals surface area contributed by atoms with Gasteiger partial charge in [0.15, 0.2) is 5.82 Å². The van der Waals surface area contributed by atoms with Gasteiger partial charge >= 0.3 is 5.69 Å². The van der Waals surface area contributed by atoms with Crippen molar-refractivity contribution in [3.8, 4) is 17.3 Å². The zero-order valence-corrected chi connectivity index (χ0v) is 12.6. The van der Waals surface area contributed by atoms with Crippen LogP contribution in [0.5, 0.6) is 11.6 Å². The van der Waals surface area contributed by atoms with Gasteiger partial charge in [-0.15, -0.1) is 0 Å². The second-order valence-corrected chi connectivity index (χ2v) is 5.23. The number of nitrogens with zero attached hydrogens (tertiary/aromatic N) is 3. The zero-order valence-electron chi connectivity index (χ0n) is 12.6. The Bertz CT molecular complexity index is 1150. The van der Waals surface area contributed by atoms with Crippen LogP contribution in [0.15, 0.2) is 53.5 Å². The summed E-state index contributed by atoms with van der Waals surface area (Å²) in [6.07, 6.45) is 1.39. The lowest BCUT2D eigenvalue weighted by molar-refractivity contribution is 0.410. The minimum atomic E-state index is -0.681. The molecule has 0 amide bonds. The van der Waals surface area contributed by atoms with Crippen molar-refractivity contribution in [1.29, 1.82) is 0 Å². The Morgan fingerprint density at radius 3 is 2.71 bits per heavy atom. The summed E-state index contributed by atoms with van der Waals surface area (Å²) in [4.78, 5) is 17.0. The molecule has 0 aliphatic heterocycles. The number of aromatic nitrogens is 3. The largest absolute Gasteiger partial charge is 0.497 e. The molecule has 7 heteroatoms. The fraction of sp³-hybridized carbons (Fsp3) is 0.0588. The van der Waals surface area contributed by atoms with Crippen LogP contribution in [0.4, 0.5) is 4.39 Å². The van der Waals surface area contributed by atoms with Crippen LogP contribution in [-0.2, 0) is 0 Å². The van der Waals surface area contributed by atoms with E-state index >= 15 is 0 Å². The van der Waals surface area contributed by atoms with Crippen molar-refractivity contribution in [3.63, 3.8) is 0 Å². The Hall–Kier alpha value is -3.35. The average molecular weight is 325 g/mol. The zero-order chi connectivity index (χ0) is 16.8. The van der Waals surface area contributed by atoms with Gasteiger partial charge in [0, 0.05) is 6.07 Å². The van der Waals surface area contributed by atoms with E-state index in [4.69, 9.17) is 4.74 Å². The summed E-state index contributed by atoms with van der Waals surface area (Å²) in [6.45, 7) is 0. The molecule has 120 valence electrons. The summed E-state index contributed by atoms with van der Waals surface area (Å²) in [5.74, 6) is -0.734. The molecule has 0 unspecified atom stereocenters. The predicted octanol–water partition coefficient (Wildman–Crippen LogP) is 2.49. The van der Waals surface area contributed by atoms with Crippen molar-refractivity contribution in [1.82, 2.24) is 14.0 Å². The van der Waals surface area contributed by atoms with Gasteiger partial charge in [0.05, 0.1) is 30.0 Å². The Kier molecular flexibility index (Phi) is 3.02. The van der Waals surface area contributed by atoms with Gasteiger partial charge in [-0.25, -0.2) is 13.8 Å². The quantitative estimate of drug-likeness (QED) is 0.615. The number of fused-ring (bicyclic) bond motifs is 3. The summed E-state index contributed by atoms with van der Waals surface area (Å²) < 4.78 is 21.5. The van der Waals surface area contributed by atoms with E-state index in [9.17, 15) is 14.3 Å². The van der Waals surface area contributed by atoms with Crippen molar-refractivity contribution in [2.24, 2.45) is 0 Å². The fourth-order valence-corrected chi connectivity index (χ4v) is 2.76. The molecule has 2 aromatic carbocycles. The van der Waals surface area contributed by atoms with Crippen molar-refractivity contribution < 1.29 is 14.2 Å². The minimum Gasteiger partial charge on any atom is -0.497 e. The molecular formula is C17H12FN3O3. The third kappa shape index (κ3) is 1.88. The average Bonchev–Trinajstić information content (AvgIpc) is 2.86. The minimum absolute atomic E-state index is 0.0638. The molecular weight excluding hydrogens is 313 g/mol. The van der Waals surface area contributed by atoms with Gasteiger partial charge in [0.25, 0.3) is 0 Å². The van der Waals surface area contributed by atoms with E-state index in [2.05, 4.69) is 4.98 Å². The van der Waals surface area contributed by atoms with Crippen LogP contribution in [0, 0.1) is 5.82 Å². The first kappa shape index (κ1) is 14.3. The van der Waals surface area contributed by atoms with Gasteiger partial charge in [-0.3, -0.25) is 9.38 Å². The van der Waals surface area contributed by atoms with E-state index in [0.717, 1.165) is 10.6 Å². The van der Waals surface area contributed by atoms with Crippen LogP contribution >= 0.6 is 0 Å². The van der Waals surface area contributed by atoms with E-state index < -0.39 is 11.5 Å². The lowest BCUT2D eigenvalue weighted by Gasteiger charge is -2.06. The van der Waals surface area contributed by atoms with Crippen LogP contribution in [0.3, 0.4) is 0 Å². The number of methoxy groups -OCH3 is 1. The first-order valence-electron chi connectivity index (χ1n) is 7.16. The molecule has 1 N–H and O–H groups in total. The first-order chi connectivity index (χ1) is 11.6. The molecule has 0 spiro atoms. The summed E-state index contributed by atoms with van der Waals surface area (Å²) in [5, 5.41) is 10.4. The highest BCUT2D eigenvalue weighted by atomic mass is 19.1. The van der Waals surface area contributed by atoms with Gasteiger partial charge in [0.2, 0.25) is 5.88 Å². The van der Waals surface area contributed by atoms with Gasteiger partial charge in [0.1, 0.15) is 11.3 Å². The second-order valence-electron chi connectivity index (χ2n) is 5.23. The standard InChI is InChI=1S/C17H12FN3O3/c1-24-10-6-7-13(11(18)8-10)21-16(22)15-9-19-12-4-2-3-5-14(12)20(15)17(21)23/h2-9,22H,1H3. The van der Waals surface area contributed by atoms with E-state index in [1.54, 1.807) is 24.3 Å². The Labute approximate surface area is 135 Å². The molecule has 2 aromatic heterocycles. The molecule has 24 heavy (non-hydrogen) atoms. The topological polar surface area (TPSA) is 68.8 Å². The molecule has 0 aliphatic rings.